The Morgan fingerprint density at radius 2 is 1.74 bits per heavy atom. The van der Waals surface area contributed by atoms with E-state index in [-0.39, 0.29) is 71.8 Å². The van der Waals surface area contributed by atoms with Gasteiger partial charge in [-0.2, -0.15) is 0 Å². The molecular weight excluding hydrogens is 845 g/mol. The highest BCUT2D eigenvalue weighted by molar-refractivity contribution is 7.99. The minimum atomic E-state index is -0.673. The SMILES string of the molecule is CC1(N)CCN(c2cnc(Sc3cccc(NC(=O)CCCCCCN4CC5(CCN(C(=O)[C@@H]6C[C@H]6C(=O)NCc6ccc7c(c6)CN(C6CCC(=O)NC6=O)C7=O)C5)C4)c3)cn2)CC1. The van der Waals surface area contributed by atoms with Crippen LogP contribution in [0.1, 0.15) is 99.0 Å². The summed E-state index contributed by atoms with van der Waals surface area (Å²) in [6.07, 6.45) is 12.0. The van der Waals surface area contributed by atoms with E-state index < -0.39 is 11.9 Å². The molecule has 5 fully saturated rings. The maximum Gasteiger partial charge on any atom is 0.255 e. The average Bonchev–Trinajstić information content (AvgIpc) is 3.85. The lowest BCUT2D eigenvalue weighted by atomic mass is 9.79. The van der Waals surface area contributed by atoms with Gasteiger partial charge in [0.25, 0.3) is 5.91 Å². The van der Waals surface area contributed by atoms with Crippen LogP contribution in [0.2, 0.25) is 0 Å². The van der Waals surface area contributed by atoms with E-state index in [1.54, 1.807) is 18.3 Å². The van der Waals surface area contributed by atoms with Crippen molar-refractivity contribution in [2.45, 2.75) is 112 Å². The average molecular weight is 905 g/mol. The van der Waals surface area contributed by atoms with Gasteiger partial charge in [0.2, 0.25) is 29.5 Å². The summed E-state index contributed by atoms with van der Waals surface area (Å²) in [4.78, 5) is 94.8. The minimum Gasteiger partial charge on any atom is -0.355 e. The number of nitrogens with two attached hydrogens (primary N) is 1. The third-order valence-corrected chi connectivity index (χ3v) is 15.1. The first-order chi connectivity index (χ1) is 31.3. The number of unbranched alkanes of at least 4 members (excludes halogenated alkanes) is 3. The Balaban J connectivity index is 0.622. The third-order valence-electron chi connectivity index (χ3n) is 14.2. The highest BCUT2D eigenvalue weighted by Crippen LogP contribution is 2.45. The molecule has 6 heterocycles. The number of aromatic nitrogens is 2. The van der Waals surface area contributed by atoms with E-state index in [9.17, 15) is 28.8 Å². The predicted molar refractivity (Wildman–Crippen MR) is 244 cm³/mol. The number of rotatable bonds is 16. The fourth-order valence-electron chi connectivity index (χ4n) is 10.2. The molecule has 5 N–H and O–H groups in total. The molecule has 1 spiro atoms. The number of fused-ring (bicyclic) bond motifs is 1. The van der Waals surface area contributed by atoms with Crippen molar-refractivity contribution in [3.8, 4) is 0 Å². The topological polar surface area (TPSA) is 203 Å². The molecule has 17 heteroatoms. The summed E-state index contributed by atoms with van der Waals surface area (Å²) in [7, 11) is 0. The number of carbonyl (C=O) groups excluding carboxylic acids is 6. The molecule has 2 aromatic carbocycles. The zero-order valence-electron chi connectivity index (χ0n) is 37.2. The number of nitrogens with one attached hydrogen (secondary N) is 3. The molecule has 6 amide bonds. The molecular formula is C48H60N10O6S. The second kappa shape index (κ2) is 18.8. The first-order valence-electron chi connectivity index (χ1n) is 23.3. The van der Waals surface area contributed by atoms with Crippen molar-refractivity contribution in [3.63, 3.8) is 0 Å². The zero-order chi connectivity index (χ0) is 45.3. The molecule has 0 bridgehead atoms. The van der Waals surface area contributed by atoms with Crippen LogP contribution in [0.4, 0.5) is 11.5 Å². The highest BCUT2D eigenvalue weighted by atomic mass is 32.2. The van der Waals surface area contributed by atoms with Gasteiger partial charge in [-0.15, -0.1) is 0 Å². The van der Waals surface area contributed by atoms with Gasteiger partial charge < -0.3 is 36.0 Å². The molecule has 1 aromatic heterocycles. The number of likely N-dealkylation sites (tertiary alicyclic amines) is 2. The number of piperidine rings is 2. The Morgan fingerprint density at radius 3 is 2.52 bits per heavy atom. The van der Waals surface area contributed by atoms with Crippen LogP contribution in [0.3, 0.4) is 0 Å². The van der Waals surface area contributed by atoms with Crippen LogP contribution in [0.5, 0.6) is 0 Å². The molecule has 65 heavy (non-hydrogen) atoms. The monoisotopic (exact) mass is 904 g/mol. The van der Waals surface area contributed by atoms with E-state index >= 15 is 0 Å². The summed E-state index contributed by atoms with van der Waals surface area (Å²) in [5, 5.41) is 9.17. The van der Waals surface area contributed by atoms with Gasteiger partial charge >= 0.3 is 0 Å². The largest absolute Gasteiger partial charge is 0.355 e. The number of carbonyl (C=O) groups is 6. The van der Waals surface area contributed by atoms with Crippen LogP contribution in [-0.2, 0) is 37.1 Å². The van der Waals surface area contributed by atoms with E-state index in [4.69, 9.17) is 5.73 Å². The maximum absolute atomic E-state index is 13.4. The molecule has 3 aromatic rings. The predicted octanol–water partition coefficient (Wildman–Crippen LogP) is 4.08. The van der Waals surface area contributed by atoms with Crippen molar-refractivity contribution in [2.75, 3.05) is 56.0 Å². The van der Waals surface area contributed by atoms with Gasteiger partial charge in [-0.1, -0.05) is 42.8 Å². The van der Waals surface area contributed by atoms with Gasteiger partial charge in [-0.25, -0.2) is 9.97 Å². The number of hydrogen-bond acceptors (Lipinski definition) is 12. The normalized spacial score (nSPS) is 23.3. The van der Waals surface area contributed by atoms with E-state index in [1.165, 1.54) is 16.7 Å². The van der Waals surface area contributed by atoms with Crippen molar-refractivity contribution >= 4 is 58.7 Å². The van der Waals surface area contributed by atoms with Crippen LogP contribution in [0.15, 0.2) is 64.8 Å². The number of anilines is 2. The van der Waals surface area contributed by atoms with Gasteiger partial charge in [-0.3, -0.25) is 34.1 Å². The van der Waals surface area contributed by atoms with Crippen LogP contribution in [0.25, 0.3) is 0 Å². The highest BCUT2D eigenvalue weighted by Gasteiger charge is 2.54. The first kappa shape index (κ1) is 44.8. The van der Waals surface area contributed by atoms with Crippen molar-refractivity contribution in [2.24, 2.45) is 23.0 Å². The summed E-state index contributed by atoms with van der Waals surface area (Å²) in [6.45, 7) is 8.92. The summed E-state index contributed by atoms with van der Waals surface area (Å²) in [6, 6.07) is 12.6. The Morgan fingerprint density at radius 1 is 0.923 bits per heavy atom. The van der Waals surface area contributed by atoms with Crippen LogP contribution in [0, 0.1) is 17.3 Å². The summed E-state index contributed by atoms with van der Waals surface area (Å²) >= 11 is 1.52. The molecule has 1 unspecified atom stereocenters. The Hall–Kier alpha value is -5.39. The van der Waals surface area contributed by atoms with Gasteiger partial charge in [0.15, 0.2) is 0 Å². The second-order valence-electron chi connectivity index (χ2n) is 19.5. The molecule has 5 aliphatic heterocycles. The van der Waals surface area contributed by atoms with Crippen molar-refractivity contribution in [3.05, 3.63) is 71.5 Å². The Bertz CT molecular complexity index is 2330. The molecule has 9 rings (SSSR count). The first-order valence-corrected chi connectivity index (χ1v) is 24.1. The fraction of sp³-hybridized carbons (Fsp3) is 0.542. The summed E-state index contributed by atoms with van der Waals surface area (Å²) in [5.74, 6) is -0.737. The van der Waals surface area contributed by atoms with Gasteiger partial charge in [0, 0.05) is 92.3 Å². The molecule has 3 atom stereocenters. The molecule has 1 aliphatic carbocycles. The molecule has 344 valence electrons. The van der Waals surface area contributed by atoms with Crippen molar-refractivity contribution in [1.29, 1.82) is 0 Å². The van der Waals surface area contributed by atoms with Crippen LogP contribution in [-0.4, -0.2) is 118 Å². The van der Waals surface area contributed by atoms with E-state index in [0.717, 1.165) is 123 Å². The lowest BCUT2D eigenvalue weighted by Gasteiger charge is -2.48. The Labute approximate surface area is 384 Å². The van der Waals surface area contributed by atoms with Gasteiger partial charge in [0.05, 0.1) is 24.2 Å². The number of imide groups is 1. The summed E-state index contributed by atoms with van der Waals surface area (Å²) < 4.78 is 0. The molecule has 0 radical (unpaired) electrons. The fourth-order valence-corrected chi connectivity index (χ4v) is 11.0. The van der Waals surface area contributed by atoms with Crippen LogP contribution >= 0.6 is 11.8 Å². The lowest BCUT2D eigenvalue weighted by Crippen LogP contribution is -2.57. The number of nitrogens with zero attached hydrogens (tertiary/aromatic N) is 6. The van der Waals surface area contributed by atoms with Crippen molar-refractivity contribution < 1.29 is 28.8 Å². The van der Waals surface area contributed by atoms with E-state index in [0.29, 0.717) is 24.8 Å². The standard InChI is InChI=1S/C48H60N10O6S/c1-47(49)14-18-56(19-15-47)39-25-51-42(26-50-39)65-34-8-6-7-33(22-34)53-40(59)9-4-2-3-5-17-55-28-48(29-55)16-20-57(30-48)45(63)37-23-36(37)43(61)52-24-31-10-11-35-32(21-31)27-58(46(35)64)38-12-13-41(60)54-44(38)62/h6-8,10-11,21-22,25-26,36-38H,2-5,9,12-20,23-24,27-30,49H2,1H3,(H,52,61)(H,53,59)(H,54,60,62)/t36-,37-,38?/m1/s1. The smallest absolute Gasteiger partial charge is 0.255 e. The van der Waals surface area contributed by atoms with Gasteiger partial charge in [-0.05, 0) is 93.8 Å². The lowest BCUT2D eigenvalue weighted by molar-refractivity contribution is -0.137. The zero-order valence-corrected chi connectivity index (χ0v) is 38.0. The molecule has 1 saturated carbocycles. The Kier molecular flexibility index (Phi) is 13.0. The minimum absolute atomic E-state index is 0.0204. The van der Waals surface area contributed by atoms with Crippen LogP contribution < -0.4 is 26.6 Å². The maximum atomic E-state index is 13.4. The van der Waals surface area contributed by atoms with Gasteiger partial charge in [0.1, 0.15) is 16.9 Å². The van der Waals surface area contributed by atoms with E-state index in [2.05, 4.69) is 42.6 Å². The molecule has 4 saturated heterocycles. The molecule has 16 nitrogen and oxygen atoms in total. The summed E-state index contributed by atoms with van der Waals surface area (Å²) in [5.41, 5.74) is 9.26. The quantitative estimate of drug-likeness (QED) is 0.119. The third kappa shape index (κ3) is 10.5. The second-order valence-corrected chi connectivity index (χ2v) is 20.6. The molecule has 6 aliphatic rings. The number of benzene rings is 2. The number of hydrogen-bond donors (Lipinski definition) is 4. The van der Waals surface area contributed by atoms with E-state index in [1.807, 2.05) is 41.4 Å². The van der Waals surface area contributed by atoms with Crippen molar-refractivity contribution in [1.82, 2.24) is 35.3 Å². The number of amides is 6.